The normalized spacial score (nSPS) is 23.1. The molecule has 2 amide bonds. The van der Waals surface area contributed by atoms with E-state index >= 15 is 0 Å². The average Bonchev–Trinajstić information content (AvgIpc) is 3.81. The molecule has 15 heteroatoms. The third-order valence-electron chi connectivity index (χ3n) is 10.4. The molecule has 2 aliphatic carbocycles. The number of aliphatic hydroxyl groups excluding tert-OH is 1. The van der Waals surface area contributed by atoms with E-state index in [1.807, 2.05) is 24.3 Å². The molecule has 6 rings (SSSR count). The predicted octanol–water partition coefficient (Wildman–Crippen LogP) is 3.43. The lowest BCUT2D eigenvalue weighted by Gasteiger charge is -2.30. The van der Waals surface area contributed by atoms with Gasteiger partial charge in [0.05, 0.1) is 18.2 Å². The van der Waals surface area contributed by atoms with Crippen molar-refractivity contribution < 1.29 is 62.3 Å². The quantitative estimate of drug-likeness (QED) is 0.142. The molecule has 59 heavy (non-hydrogen) atoms. The Balaban J connectivity index is 1.11. The number of rotatable bonds is 14. The lowest BCUT2D eigenvalue weighted by molar-refractivity contribution is -0.172. The summed E-state index contributed by atoms with van der Waals surface area (Å²) in [5, 5.41) is 15.2. The summed E-state index contributed by atoms with van der Waals surface area (Å²) in [5.41, 5.74) is 1.55. The van der Waals surface area contributed by atoms with E-state index in [1.54, 1.807) is 65.0 Å². The predicted molar refractivity (Wildman–Crippen MR) is 210 cm³/mol. The van der Waals surface area contributed by atoms with Crippen LogP contribution in [0.1, 0.15) is 87.4 Å². The molecule has 0 saturated carbocycles. The number of aliphatic hydroxyl groups is 1. The van der Waals surface area contributed by atoms with Gasteiger partial charge in [-0.2, -0.15) is 0 Å². The first-order valence-electron chi connectivity index (χ1n) is 19.8. The zero-order valence-corrected chi connectivity index (χ0v) is 33.9. The molecule has 2 aromatic rings. The highest BCUT2D eigenvalue weighted by molar-refractivity contribution is 5.97. The van der Waals surface area contributed by atoms with Gasteiger partial charge in [-0.25, -0.2) is 14.4 Å². The monoisotopic (exact) mass is 816 g/mol. The van der Waals surface area contributed by atoms with Crippen LogP contribution >= 0.6 is 0 Å². The SMILES string of the molecule is CC(C)(C)OC(=O)CCC(CO)NC(=O)CCNC(=O)C1=CC2OC3(Cc4ccccc4C3)OC2C(OC(=O)c2ccccc2C=CC(=O)OC2C(=O)OCC2(C)C)C1. The molecule has 1 spiro atoms. The first kappa shape index (κ1) is 43.2. The summed E-state index contributed by atoms with van der Waals surface area (Å²) in [6.45, 7) is 8.47. The van der Waals surface area contributed by atoms with Crippen molar-refractivity contribution in [2.45, 2.75) is 115 Å². The largest absolute Gasteiger partial charge is 0.462 e. The molecule has 2 saturated heterocycles. The van der Waals surface area contributed by atoms with Crippen LogP contribution < -0.4 is 10.6 Å². The van der Waals surface area contributed by atoms with Crippen LogP contribution in [0.4, 0.5) is 0 Å². The smallest absolute Gasteiger partial charge is 0.348 e. The summed E-state index contributed by atoms with van der Waals surface area (Å²) in [5.74, 6) is -4.54. The highest BCUT2D eigenvalue weighted by atomic mass is 16.8. The maximum atomic E-state index is 13.9. The van der Waals surface area contributed by atoms with E-state index in [-0.39, 0.29) is 56.6 Å². The topological polar surface area (TPSA) is 202 Å². The van der Waals surface area contributed by atoms with Gasteiger partial charge in [0.15, 0.2) is 5.79 Å². The molecule has 0 aromatic heterocycles. The van der Waals surface area contributed by atoms with Gasteiger partial charge in [0.25, 0.3) is 0 Å². The molecular weight excluding hydrogens is 764 g/mol. The van der Waals surface area contributed by atoms with Crippen LogP contribution in [0.25, 0.3) is 6.08 Å². The van der Waals surface area contributed by atoms with Crippen molar-refractivity contribution in [1.29, 1.82) is 0 Å². The van der Waals surface area contributed by atoms with E-state index in [0.717, 1.165) is 17.2 Å². The third-order valence-corrected chi connectivity index (χ3v) is 10.4. The number of hydrogen-bond donors (Lipinski definition) is 3. The van der Waals surface area contributed by atoms with Crippen LogP contribution in [-0.4, -0.2) is 102 Å². The van der Waals surface area contributed by atoms with Crippen LogP contribution in [0.15, 0.2) is 66.3 Å². The summed E-state index contributed by atoms with van der Waals surface area (Å²) >= 11 is 0. The van der Waals surface area contributed by atoms with Gasteiger partial charge in [-0.1, -0.05) is 56.3 Å². The van der Waals surface area contributed by atoms with Gasteiger partial charge >= 0.3 is 23.9 Å². The molecule has 0 bridgehead atoms. The van der Waals surface area contributed by atoms with Gasteiger partial charge in [-0.15, -0.1) is 0 Å². The van der Waals surface area contributed by atoms with Crippen LogP contribution in [0.2, 0.25) is 0 Å². The van der Waals surface area contributed by atoms with Crippen LogP contribution in [0.3, 0.4) is 0 Å². The van der Waals surface area contributed by atoms with Crippen LogP contribution in [0, 0.1) is 5.41 Å². The summed E-state index contributed by atoms with van der Waals surface area (Å²) in [4.78, 5) is 77.2. The Kier molecular flexibility index (Phi) is 13.1. The number of cyclic esters (lactones) is 1. The van der Waals surface area contributed by atoms with Gasteiger partial charge in [-0.3, -0.25) is 14.4 Å². The molecule has 3 N–H and O–H groups in total. The Hall–Kier alpha value is -5.38. The molecule has 5 atom stereocenters. The second-order valence-corrected chi connectivity index (χ2v) is 16.9. The van der Waals surface area contributed by atoms with Gasteiger partial charge in [0, 0.05) is 55.7 Å². The molecule has 5 unspecified atom stereocenters. The van der Waals surface area contributed by atoms with Crippen molar-refractivity contribution in [3.8, 4) is 0 Å². The molecular formula is C44H52N2O13. The number of nitrogens with one attached hydrogen (secondary N) is 2. The Morgan fingerprint density at radius 2 is 1.66 bits per heavy atom. The standard InChI is InChI=1S/C44H52N2O13/c1-42(2,3)58-36(50)17-15-30(24-47)46-34(48)18-19-45-39(51)29-20-32(37-33(21-29)57-44(59-37)22-27-11-6-7-12-28(27)23-44)55-40(52)31-13-9-8-10-26(31)14-16-35(49)56-38-41(53)54-25-43(38,4)5/h6-14,16,21,30,32-33,37-38,47H,15,17-20,22-25H2,1-5H3,(H,45,51)(H,46,48). The molecule has 4 aliphatic rings. The maximum Gasteiger partial charge on any atom is 0.348 e. The van der Waals surface area contributed by atoms with Crippen LogP contribution in [0.5, 0.6) is 0 Å². The Bertz CT molecular complexity index is 1990. The fraction of sp³-hybridized carbons (Fsp3) is 0.500. The zero-order chi connectivity index (χ0) is 42.5. The molecule has 2 aliphatic heterocycles. The summed E-state index contributed by atoms with van der Waals surface area (Å²) < 4.78 is 35.0. The lowest BCUT2D eigenvalue weighted by atomic mass is 9.90. The lowest BCUT2D eigenvalue weighted by Crippen LogP contribution is -2.44. The van der Waals surface area contributed by atoms with Gasteiger partial charge in [0.2, 0.25) is 17.9 Å². The van der Waals surface area contributed by atoms with Crippen molar-refractivity contribution in [2.24, 2.45) is 5.41 Å². The fourth-order valence-corrected chi connectivity index (χ4v) is 7.54. The first-order valence-corrected chi connectivity index (χ1v) is 19.8. The van der Waals surface area contributed by atoms with Gasteiger partial charge in [-0.05, 0) is 62.1 Å². The summed E-state index contributed by atoms with van der Waals surface area (Å²) in [6.07, 6.45) is 1.66. The highest BCUT2D eigenvalue weighted by Crippen LogP contribution is 2.45. The Morgan fingerprint density at radius 1 is 0.966 bits per heavy atom. The van der Waals surface area contributed by atoms with E-state index in [1.165, 1.54) is 6.08 Å². The molecule has 2 heterocycles. The van der Waals surface area contributed by atoms with E-state index < -0.39 is 83.0 Å². The molecule has 2 aromatic carbocycles. The summed E-state index contributed by atoms with van der Waals surface area (Å²) in [6, 6.07) is 13.7. The Labute approximate surface area is 342 Å². The van der Waals surface area contributed by atoms with E-state index in [0.29, 0.717) is 18.4 Å². The van der Waals surface area contributed by atoms with Crippen molar-refractivity contribution in [2.75, 3.05) is 19.8 Å². The van der Waals surface area contributed by atoms with E-state index in [9.17, 15) is 33.9 Å². The Morgan fingerprint density at radius 3 is 2.32 bits per heavy atom. The van der Waals surface area contributed by atoms with Gasteiger partial charge in [0.1, 0.15) is 30.5 Å². The average molecular weight is 817 g/mol. The number of hydrogen-bond acceptors (Lipinski definition) is 13. The fourth-order valence-electron chi connectivity index (χ4n) is 7.54. The van der Waals surface area contributed by atoms with E-state index in [4.69, 9.17) is 28.4 Å². The number of carbonyl (C=O) groups is 6. The molecule has 316 valence electrons. The van der Waals surface area contributed by atoms with Crippen molar-refractivity contribution in [1.82, 2.24) is 10.6 Å². The molecule has 0 radical (unpaired) electrons. The molecule has 2 fully saturated rings. The minimum absolute atomic E-state index is 0.00993. The first-order chi connectivity index (χ1) is 27.9. The molecule has 15 nitrogen and oxygen atoms in total. The number of amides is 2. The zero-order valence-electron chi connectivity index (χ0n) is 33.9. The number of esters is 4. The number of fused-ring (bicyclic) bond motifs is 2. The second-order valence-electron chi connectivity index (χ2n) is 16.9. The van der Waals surface area contributed by atoms with E-state index in [2.05, 4.69) is 10.6 Å². The minimum Gasteiger partial charge on any atom is -0.462 e. The minimum atomic E-state index is -1.07. The van der Waals surface area contributed by atoms with Crippen molar-refractivity contribution in [3.63, 3.8) is 0 Å². The van der Waals surface area contributed by atoms with Crippen LogP contribution in [-0.2, 0) is 65.2 Å². The number of ether oxygens (including phenoxy) is 6. The third kappa shape index (κ3) is 10.8. The van der Waals surface area contributed by atoms with Crippen molar-refractivity contribution >= 4 is 41.8 Å². The number of benzene rings is 2. The maximum absolute atomic E-state index is 13.9. The number of carbonyl (C=O) groups excluding carboxylic acids is 6. The highest BCUT2D eigenvalue weighted by Gasteiger charge is 2.55. The second kappa shape index (κ2) is 17.9. The summed E-state index contributed by atoms with van der Waals surface area (Å²) in [7, 11) is 0. The van der Waals surface area contributed by atoms with Crippen molar-refractivity contribution in [3.05, 3.63) is 88.5 Å². The van der Waals surface area contributed by atoms with Gasteiger partial charge < -0.3 is 44.2 Å².